The molecule has 0 bridgehead atoms. The van der Waals surface area contributed by atoms with Gasteiger partial charge in [-0.3, -0.25) is 0 Å². The molecule has 96 valence electrons. The summed E-state index contributed by atoms with van der Waals surface area (Å²) in [4.78, 5) is 9.53. The number of aryl methyl sites for hydroxylation is 1. The lowest BCUT2D eigenvalue weighted by Crippen LogP contribution is -2.10. The number of anilines is 1. The van der Waals surface area contributed by atoms with E-state index in [1.165, 1.54) is 23.5 Å². The van der Waals surface area contributed by atoms with E-state index in [2.05, 4.69) is 15.4 Å². The Hall–Kier alpha value is -2.05. The number of fused-ring (bicyclic) bond motifs is 1. The molecule has 0 atom stereocenters. The first-order valence-electron chi connectivity index (χ1n) is 5.67. The molecule has 0 saturated carbocycles. The van der Waals surface area contributed by atoms with Crippen molar-refractivity contribution < 1.29 is 4.39 Å². The van der Waals surface area contributed by atoms with Crippen molar-refractivity contribution in [2.45, 2.75) is 6.92 Å². The van der Waals surface area contributed by atoms with Crippen LogP contribution in [0.2, 0.25) is 0 Å². The summed E-state index contributed by atoms with van der Waals surface area (Å²) >= 11 is 1.52. The molecule has 3 N–H and O–H groups in total. The number of halogens is 1. The third kappa shape index (κ3) is 2.05. The Morgan fingerprint density at radius 2 is 1.95 bits per heavy atom. The van der Waals surface area contributed by atoms with Crippen LogP contribution in [0.15, 0.2) is 29.6 Å². The Morgan fingerprint density at radius 3 is 2.63 bits per heavy atom. The zero-order chi connectivity index (χ0) is 13.4. The van der Waals surface area contributed by atoms with Crippen LogP contribution < -0.4 is 11.3 Å². The first-order chi connectivity index (χ1) is 9.19. The van der Waals surface area contributed by atoms with Gasteiger partial charge < -0.3 is 5.43 Å². The molecule has 0 aliphatic rings. The summed E-state index contributed by atoms with van der Waals surface area (Å²) in [6.45, 7) is 1.82. The first kappa shape index (κ1) is 12.0. The molecule has 0 spiro atoms. The monoisotopic (exact) mass is 274 g/mol. The van der Waals surface area contributed by atoms with Gasteiger partial charge in [0.1, 0.15) is 16.5 Å². The van der Waals surface area contributed by atoms with Gasteiger partial charge in [-0.05, 0) is 24.6 Å². The van der Waals surface area contributed by atoms with E-state index in [9.17, 15) is 4.39 Å². The van der Waals surface area contributed by atoms with Gasteiger partial charge in [-0.1, -0.05) is 12.1 Å². The maximum Gasteiger partial charge on any atom is 0.153 e. The molecule has 19 heavy (non-hydrogen) atoms. The Bertz CT molecular complexity index is 736. The Kier molecular flexibility index (Phi) is 2.88. The molecular weight excluding hydrogens is 263 g/mol. The summed E-state index contributed by atoms with van der Waals surface area (Å²) < 4.78 is 13.0. The highest BCUT2D eigenvalue weighted by atomic mass is 32.1. The molecule has 3 rings (SSSR count). The number of thiophene rings is 1. The van der Waals surface area contributed by atoms with Gasteiger partial charge in [-0.15, -0.1) is 11.3 Å². The van der Waals surface area contributed by atoms with Crippen molar-refractivity contribution >= 4 is 27.4 Å². The van der Waals surface area contributed by atoms with Crippen molar-refractivity contribution in [3.05, 3.63) is 41.3 Å². The van der Waals surface area contributed by atoms with Crippen LogP contribution in [0.3, 0.4) is 0 Å². The summed E-state index contributed by atoms with van der Waals surface area (Å²) in [5.41, 5.74) is 4.47. The first-order valence-corrected chi connectivity index (χ1v) is 6.55. The quantitative estimate of drug-likeness (QED) is 0.557. The fraction of sp³-hybridized carbons (Fsp3) is 0.0769. The Labute approximate surface area is 113 Å². The van der Waals surface area contributed by atoms with Gasteiger partial charge in [0.15, 0.2) is 5.82 Å². The second-order valence-electron chi connectivity index (χ2n) is 4.10. The highest BCUT2D eigenvalue weighted by Gasteiger charge is 2.13. The maximum atomic E-state index is 13.0. The van der Waals surface area contributed by atoms with Crippen LogP contribution in [0.25, 0.3) is 21.3 Å². The molecular formula is C13H11FN4S. The zero-order valence-electron chi connectivity index (χ0n) is 10.1. The van der Waals surface area contributed by atoms with Crippen molar-refractivity contribution in [1.29, 1.82) is 0 Å². The van der Waals surface area contributed by atoms with Gasteiger partial charge in [-0.2, -0.15) is 0 Å². The minimum absolute atomic E-state index is 0.257. The van der Waals surface area contributed by atoms with E-state index in [1.807, 2.05) is 12.3 Å². The molecule has 0 aliphatic carbocycles. The predicted molar refractivity (Wildman–Crippen MR) is 75.4 cm³/mol. The van der Waals surface area contributed by atoms with Crippen LogP contribution in [0.1, 0.15) is 5.82 Å². The maximum absolute atomic E-state index is 13.0. The normalized spacial score (nSPS) is 10.9. The van der Waals surface area contributed by atoms with Gasteiger partial charge in [0.05, 0.1) is 5.39 Å². The van der Waals surface area contributed by atoms with E-state index >= 15 is 0 Å². The highest BCUT2D eigenvalue weighted by molar-refractivity contribution is 7.17. The predicted octanol–water partition coefficient (Wildman–Crippen LogP) is 3.09. The SMILES string of the molecule is Cc1nc(NN)c2c(-c3ccc(F)cc3)csc2n1. The van der Waals surface area contributed by atoms with Crippen LogP contribution in [0.4, 0.5) is 10.2 Å². The molecule has 0 aliphatic heterocycles. The van der Waals surface area contributed by atoms with E-state index in [1.54, 1.807) is 12.1 Å². The van der Waals surface area contributed by atoms with Crippen LogP contribution >= 0.6 is 11.3 Å². The largest absolute Gasteiger partial charge is 0.308 e. The second-order valence-corrected chi connectivity index (χ2v) is 4.96. The van der Waals surface area contributed by atoms with Crippen molar-refractivity contribution in [3.8, 4) is 11.1 Å². The van der Waals surface area contributed by atoms with Gasteiger partial charge in [0, 0.05) is 10.9 Å². The number of aromatic nitrogens is 2. The lowest BCUT2D eigenvalue weighted by atomic mass is 10.1. The lowest BCUT2D eigenvalue weighted by Gasteiger charge is -2.05. The third-order valence-electron chi connectivity index (χ3n) is 2.84. The van der Waals surface area contributed by atoms with Crippen LogP contribution in [0, 0.1) is 12.7 Å². The fourth-order valence-electron chi connectivity index (χ4n) is 1.99. The van der Waals surface area contributed by atoms with E-state index in [0.717, 1.165) is 21.3 Å². The highest BCUT2D eigenvalue weighted by Crippen LogP contribution is 2.36. The van der Waals surface area contributed by atoms with Gasteiger partial charge in [-0.25, -0.2) is 20.2 Å². The average Bonchev–Trinajstić information content (AvgIpc) is 2.82. The molecule has 4 nitrogen and oxygen atoms in total. The van der Waals surface area contributed by atoms with Gasteiger partial charge in [0.2, 0.25) is 0 Å². The molecule has 2 heterocycles. The number of hydrogen-bond donors (Lipinski definition) is 2. The molecule has 0 amide bonds. The standard InChI is InChI=1S/C13H11FN4S/c1-7-16-12(18-15)11-10(6-19-13(11)17-7)8-2-4-9(14)5-3-8/h2-6H,15H2,1H3,(H,16,17,18). The van der Waals surface area contributed by atoms with Crippen LogP contribution in [-0.4, -0.2) is 9.97 Å². The number of nitrogens with one attached hydrogen (secondary N) is 1. The summed E-state index contributed by atoms with van der Waals surface area (Å²) in [6.07, 6.45) is 0. The van der Waals surface area contributed by atoms with E-state index < -0.39 is 0 Å². The number of hydrazine groups is 1. The molecule has 0 radical (unpaired) electrons. The summed E-state index contributed by atoms with van der Waals surface area (Å²) in [6, 6.07) is 6.33. The Morgan fingerprint density at radius 1 is 1.21 bits per heavy atom. The third-order valence-corrected chi connectivity index (χ3v) is 3.71. The van der Waals surface area contributed by atoms with Crippen molar-refractivity contribution in [2.24, 2.45) is 5.84 Å². The molecule has 2 aromatic heterocycles. The van der Waals surface area contributed by atoms with Crippen molar-refractivity contribution in [3.63, 3.8) is 0 Å². The molecule has 6 heteroatoms. The van der Waals surface area contributed by atoms with E-state index in [0.29, 0.717) is 11.6 Å². The minimum Gasteiger partial charge on any atom is -0.308 e. The van der Waals surface area contributed by atoms with Crippen LogP contribution in [0.5, 0.6) is 0 Å². The van der Waals surface area contributed by atoms with Gasteiger partial charge in [0.25, 0.3) is 0 Å². The molecule has 1 aromatic carbocycles. The second kappa shape index (κ2) is 4.56. The smallest absolute Gasteiger partial charge is 0.153 e. The van der Waals surface area contributed by atoms with Gasteiger partial charge >= 0.3 is 0 Å². The summed E-state index contributed by atoms with van der Waals surface area (Å²) in [5.74, 6) is 6.51. The van der Waals surface area contributed by atoms with Crippen molar-refractivity contribution in [1.82, 2.24) is 9.97 Å². The van der Waals surface area contributed by atoms with E-state index in [4.69, 9.17) is 5.84 Å². The number of hydrogen-bond acceptors (Lipinski definition) is 5. The number of rotatable bonds is 2. The van der Waals surface area contributed by atoms with Crippen molar-refractivity contribution in [2.75, 3.05) is 5.43 Å². The number of nitrogen functional groups attached to an aromatic ring is 1. The average molecular weight is 274 g/mol. The van der Waals surface area contributed by atoms with E-state index in [-0.39, 0.29) is 5.82 Å². The fourth-order valence-corrected chi connectivity index (χ4v) is 2.99. The summed E-state index contributed by atoms with van der Waals surface area (Å²) in [5, 5.41) is 2.84. The number of nitrogens with two attached hydrogens (primary N) is 1. The molecule has 0 unspecified atom stereocenters. The number of benzene rings is 1. The topological polar surface area (TPSA) is 63.8 Å². The molecule has 3 aromatic rings. The number of nitrogens with zero attached hydrogens (tertiary/aromatic N) is 2. The van der Waals surface area contributed by atoms with Crippen LogP contribution in [-0.2, 0) is 0 Å². The molecule has 0 saturated heterocycles. The minimum atomic E-state index is -0.257. The summed E-state index contributed by atoms with van der Waals surface area (Å²) in [7, 11) is 0. The zero-order valence-corrected chi connectivity index (χ0v) is 11.0. The molecule has 0 fully saturated rings. The Balaban J connectivity index is 2.27. The lowest BCUT2D eigenvalue weighted by molar-refractivity contribution is 0.628.